The second-order valence-corrected chi connectivity index (χ2v) is 6.70. The molecule has 3 rings (SSSR count). The van der Waals surface area contributed by atoms with E-state index >= 15 is 0 Å². The summed E-state index contributed by atoms with van der Waals surface area (Å²) >= 11 is 11.7. The Hall–Kier alpha value is -0.680. The van der Waals surface area contributed by atoms with Crippen molar-refractivity contribution in [1.82, 2.24) is 5.32 Å². The Balaban J connectivity index is 0.00000176. The Labute approximate surface area is 146 Å². The average molecular weight is 366 g/mol. The van der Waals surface area contributed by atoms with Gasteiger partial charge in [0, 0.05) is 11.7 Å². The molecule has 1 aliphatic heterocycles. The van der Waals surface area contributed by atoms with Gasteiger partial charge in [-0.2, -0.15) is 0 Å². The van der Waals surface area contributed by atoms with E-state index in [0.717, 1.165) is 12.8 Å². The van der Waals surface area contributed by atoms with Crippen molar-refractivity contribution in [3.63, 3.8) is 0 Å². The van der Waals surface area contributed by atoms with E-state index in [1.54, 1.807) is 0 Å². The van der Waals surface area contributed by atoms with Crippen molar-refractivity contribution < 1.29 is 9.90 Å². The molecule has 0 radical (unpaired) electrons. The first kappa shape index (κ1) is 17.7. The van der Waals surface area contributed by atoms with Crippen LogP contribution in [0.5, 0.6) is 5.75 Å². The maximum absolute atomic E-state index is 12.3. The van der Waals surface area contributed by atoms with Crippen molar-refractivity contribution in [2.24, 2.45) is 5.92 Å². The van der Waals surface area contributed by atoms with Gasteiger partial charge in [0.15, 0.2) is 5.75 Å². The number of rotatable bonds is 2. The predicted molar refractivity (Wildman–Crippen MR) is 91.3 cm³/mol. The number of fused-ring (bicyclic) bond motifs is 1. The number of carbonyl (C=O) groups excluding carboxylic acids is 1. The lowest BCUT2D eigenvalue weighted by Crippen LogP contribution is -2.39. The van der Waals surface area contributed by atoms with Gasteiger partial charge in [-0.1, -0.05) is 36.0 Å². The monoisotopic (exact) mass is 364 g/mol. The largest absolute Gasteiger partial charge is 0.505 e. The first-order valence-electron chi connectivity index (χ1n) is 7.29. The lowest BCUT2D eigenvalue weighted by Gasteiger charge is -2.24. The molecule has 7 heteroatoms. The molecule has 1 heterocycles. The van der Waals surface area contributed by atoms with Crippen LogP contribution < -0.4 is 10.6 Å². The fourth-order valence-electron chi connectivity index (χ4n) is 3.39. The lowest BCUT2D eigenvalue weighted by atomic mass is 9.85. The van der Waals surface area contributed by atoms with Gasteiger partial charge in [0.05, 0.1) is 16.1 Å². The minimum absolute atomic E-state index is 0. The van der Waals surface area contributed by atoms with E-state index in [2.05, 4.69) is 10.6 Å². The Morgan fingerprint density at radius 3 is 2.50 bits per heavy atom. The number of amides is 1. The van der Waals surface area contributed by atoms with Crippen LogP contribution in [0.4, 0.5) is 5.69 Å². The van der Waals surface area contributed by atoms with Gasteiger partial charge < -0.3 is 15.7 Å². The zero-order valence-electron chi connectivity index (χ0n) is 11.9. The number of hydrogen-bond acceptors (Lipinski definition) is 3. The van der Waals surface area contributed by atoms with E-state index in [-0.39, 0.29) is 40.2 Å². The summed E-state index contributed by atoms with van der Waals surface area (Å²) in [7, 11) is 0. The minimum atomic E-state index is -0.165. The molecule has 2 aliphatic rings. The van der Waals surface area contributed by atoms with Gasteiger partial charge in [0.25, 0.3) is 0 Å². The zero-order chi connectivity index (χ0) is 15.0. The summed E-state index contributed by atoms with van der Waals surface area (Å²) in [5.41, 5.74) is 0.504. The Kier molecular flexibility index (Phi) is 5.83. The molecule has 1 saturated heterocycles. The van der Waals surface area contributed by atoms with Crippen molar-refractivity contribution in [2.75, 3.05) is 5.32 Å². The van der Waals surface area contributed by atoms with Crippen LogP contribution >= 0.6 is 35.6 Å². The van der Waals surface area contributed by atoms with E-state index in [1.807, 2.05) is 0 Å². The number of phenols is 1. The summed E-state index contributed by atoms with van der Waals surface area (Å²) in [4.78, 5) is 12.3. The van der Waals surface area contributed by atoms with Crippen molar-refractivity contribution in [2.45, 2.75) is 44.2 Å². The van der Waals surface area contributed by atoms with E-state index < -0.39 is 0 Å². The number of benzene rings is 1. The van der Waals surface area contributed by atoms with E-state index in [4.69, 9.17) is 23.2 Å². The van der Waals surface area contributed by atoms with E-state index in [1.165, 1.54) is 31.4 Å². The average Bonchev–Trinajstić information content (AvgIpc) is 2.88. The van der Waals surface area contributed by atoms with Gasteiger partial charge in [0.1, 0.15) is 0 Å². The standard InChI is InChI=1S/C15H18Cl2N2O2.ClH/c16-10-6-9(7-11(17)14(10)20)18-15(21)13-5-8-3-1-2-4-12(8)19-13;/h6-8,12-13,19-20H,1-5H2,(H,18,21);1H. The van der Waals surface area contributed by atoms with Crippen molar-refractivity contribution in [3.05, 3.63) is 22.2 Å². The Bertz CT molecular complexity index is 531. The Morgan fingerprint density at radius 1 is 1.23 bits per heavy atom. The molecule has 22 heavy (non-hydrogen) atoms. The number of phenolic OH excluding ortho intramolecular Hbond substituents is 1. The zero-order valence-corrected chi connectivity index (χ0v) is 14.3. The second-order valence-electron chi connectivity index (χ2n) is 5.88. The lowest BCUT2D eigenvalue weighted by molar-refractivity contribution is -0.117. The van der Waals surface area contributed by atoms with E-state index in [9.17, 15) is 9.90 Å². The molecule has 0 spiro atoms. The highest BCUT2D eigenvalue weighted by molar-refractivity contribution is 6.37. The first-order valence-corrected chi connectivity index (χ1v) is 8.05. The van der Waals surface area contributed by atoms with Gasteiger partial charge in [-0.3, -0.25) is 4.79 Å². The number of aromatic hydroxyl groups is 1. The molecule has 1 aromatic carbocycles. The third kappa shape index (κ3) is 3.62. The van der Waals surface area contributed by atoms with Gasteiger partial charge in [0.2, 0.25) is 5.91 Å². The molecule has 0 bridgehead atoms. The summed E-state index contributed by atoms with van der Waals surface area (Å²) in [6.07, 6.45) is 5.76. The van der Waals surface area contributed by atoms with Crippen LogP contribution in [0.15, 0.2) is 12.1 Å². The smallest absolute Gasteiger partial charge is 0.241 e. The summed E-state index contributed by atoms with van der Waals surface area (Å²) in [5, 5.41) is 16.0. The highest BCUT2D eigenvalue weighted by Crippen LogP contribution is 2.36. The third-order valence-corrected chi connectivity index (χ3v) is 5.04. The highest BCUT2D eigenvalue weighted by Gasteiger charge is 2.38. The molecule has 1 aliphatic carbocycles. The van der Waals surface area contributed by atoms with Gasteiger partial charge >= 0.3 is 0 Å². The molecular weight excluding hydrogens is 347 g/mol. The van der Waals surface area contributed by atoms with Gasteiger partial charge in [-0.25, -0.2) is 0 Å². The normalized spacial score (nSPS) is 26.9. The fourth-order valence-corrected chi connectivity index (χ4v) is 3.88. The third-order valence-electron chi connectivity index (χ3n) is 4.46. The summed E-state index contributed by atoms with van der Waals surface area (Å²) in [6.45, 7) is 0. The van der Waals surface area contributed by atoms with Gasteiger partial charge in [-0.15, -0.1) is 12.4 Å². The number of halogens is 3. The summed E-state index contributed by atoms with van der Waals surface area (Å²) in [5.74, 6) is 0.380. The van der Waals surface area contributed by atoms with Crippen LogP contribution in [-0.2, 0) is 4.79 Å². The van der Waals surface area contributed by atoms with Crippen molar-refractivity contribution in [1.29, 1.82) is 0 Å². The van der Waals surface area contributed by atoms with Crippen molar-refractivity contribution >= 4 is 47.2 Å². The summed E-state index contributed by atoms with van der Waals surface area (Å²) < 4.78 is 0. The van der Waals surface area contributed by atoms with Crippen LogP contribution in [-0.4, -0.2) is 23.1 Å². The molecule has 0 aromatic heterocycles. The van der Waals surface area contributed by atoms with Crippen LogP contribution in [0.2, 0.25) is 10.0 Å². The molecule has 1 saturated carbocycles. The second kappa shape index (κ2) is 7.26. The molecule has 2 fully saturated rings. The molecule has 1 aromatic rings. The quantitative estimate of drug-likeness (QED) is 0.695. The Morgan fingerprint density at radius 2 is 1.86 bits per heavy atom. The molecule has 3 atom stereocenters. The number of nitrogens with one attached hydrogen (secondary N) is 2. The molecule has 1 amide bonds. The molecule has 3 N–H and O–H groups in total. The topological polar surface area (TPSA) is 61.4 Å². The number of anilines is 1. The molecule has 122 valence electrons. The number of carbonyl (C=O) groups is 1. The van der Waals surface area contributed by atoms with Crippen LogP contribution in [0, 0.1) is 5.92 Å². The molecule has 4 nitrogen and oxygen atoms in total. The number of hydrogen-bond donors (Lipinski definition) is 3. The van der Waals surface area contributed by atoms with E-state index in [0.29, 0.717) is 17.6 Å². The van der Waals surface area contributed by atoms with Crippen LogP contribution in [0.1, 0.15) is 32.1 Å². The highest BCUT2D eigenvalue weighted by atomic mass is 35.5. The molecule has 3 unspecified atom stereocenters. The SMILES string of the molecule is Cl.O=C(Nc1cc(Cl)c(O)c(Cl)c1)C1CC2CCCCC2N1. The van der Waals surface area contributed by atoms with Crippen molar-refractivity contribution in [3.8, 4) is 5.75 Å². The maximum atomic E-state index is 12.3. The predicted octanol–water partition coefficient (Wildman–Crippen LogP) is 3.98. The van der Waals surface area contributed by atoms with Crippen LogP contribution in [0.3, 0.4) is 0 Å². The maximum Gasteiger partial charge on any atom is 0.241 e. The molecular formula is C15H19Cl3N2O2. The minimum Gasteiger partial charge on any atom is -0.505 e. The first-order chi connectivity index (χ1) is 10.0. The summed E-state index contributed by atoms with van der Waals surface area (Å²) in [6, 6.07) is 3.32. The van der Waals surface area contributed by atoms with Crippen LogP contribution in [0.25, 0.3) is 0 Å². The van der Waals surface area contributed by atoms with Gasteiger partial charge in [-0.05, 0) is 37.3 Å². The fraction of sp³-hybridized carbons (Fsp3) is 0.533.